The summed E-state index contributed by atoms with van der Waals surface area (Å²) in [6.07, 6.45) is 0.473. The van der Waals surface area contributed by atoms with Gasteiger partial charge >= 0.3 is 16.3 Å². The predicted octanol–water partition coefficient (Wildman–Crippen LogP) is 1.69. The van der Waals surface area contributed by atoms with Gasteiger partial charge in [0.25, 0.3) is 5.91 Å². The van der Waals surface area contributed by atoms with Crippen LogP contribution >= 0.6 is 11.3 Å². The van der Waals surface area contributed by atoms with Crippen LogP contribution in [0.25, 0.3) is 0 Å². The van der Waals surface area contributed by atoms with Crippen LogP contribution < -0.4 is 0 Å². The van der Waals surface area contributed by atoms with Crippen molar-refractivity contribution in [3.63, 3.8) is 0 Å². The van der Waals surface area contributed by atoms with E-state index < -0.39 is 45.8 Å². The molecule has 3 heterocycles. The Morgan fingerprint density at radius 1 is 1.11 bits per heavy atom. The zero-order valence-corrected chi connectivity index (χ0v) is 22.6. The number of carbonyl (C=O) groups is 3. The first kappa shape index (κ1) is 25.8. The van der Waals surface area contributed by atoms with E-state index in [9.17, 15) is 22.8 Å². The lowest BCUT2D eigenvalue weighted by atomic mass is 9.81. The van der Waals surface area contributed by atoms with Crippen molar-refractivity contribution < 1.29 is 27.5 Å². The number of hydrogen-bond acceptors (Lipinski definition) is 9. The first-order chi connectivity index (χ1) is 16.2. The molecule has 1 aliphatic carbocycles. The lowest BCUT2D eigenvalue weighted by molar-refractivity contribution is -0.134. The third-order valence-corrected chi connectivity index (χ3v) is 9.47. The van der Waals surface area contributed by atoms with Gasteiger partial charge in [0.05, 0.1) is 17.8 Å². The van der Waals surface area contributed by atoms with Crippen molar-refractivity contribution in [1.82, 2.24) is 23.4 Å². The van der Waals surface area contributed by atoms with Crippen LogP contribution in [0.3, 0.4) is 0 Å². The average Bonchev–Trinajstić information content (AvgIpc) is 3.25. The summed E-state index contributed by atoms with van der Waals surface area (Å²) in [6.45, 7) is 6.40. The van der Waals surface area contributed by atoms with Crippen LogP contribution in [0.1, 0.15) is 60.4 Å². The summed E-state index contributed by atoms with van der Waals surface area (Å²) < 4.78 is 34.3. The van der Waals surface area contributed by atoms with E-state index in [1.54, 1.807) is 34.9 Å². The third kappa shape index (κ3) is 4.77. The molecule has 11 nitrogen and oxygen atoms in total. The molecule has 4 rings (SSSR count). The molecule has 3 aliphatic rings. The van der Waals surface area contributed by atoms with Gasteiger partial charge in [0.15, 0.2) is 5.01 Å². The lowest BCUT2D eigenvalue weighted by Crippen LogP contribution is -2.48. The van der Waals surface area contributed by atoms with E-state index in [0.717, 1.165) is 21.4 Å². The van der Waals surface area contributed by atoms with Gasteiger partial charge in [0.2, 0.25) is 5.91 Å². The van der Waals surface area contributed by atoms with Crippen molar-refractivity contribution in [1.29, 1.82) is 0 Å². The van der Waals surface area contributed by atoms with E-state index in [1.807, 2.05) is 7.05 Å². The van der Waals surface area contributed by atoms with Crippen LogP contribution in [0.4, 0.5) is 4.79 Å². The number of rotatable bonds is 2. The molecule has 1 saturated heterocycles. The molecule has 1 aromatic heterocycles. The van der Waals surface area contributed by atoms with Gasteiger partial charge < -0.3 is 14.5 Å². The largest absolute Gasteiger partial charge is 0.443 e. The number of likely N-dealkylation sites (N-methyl/N-ethyl adjacent to an activating group) is 1. The Hall–Kier alpha value is -2.25. The highest BCUT2D eigenvalue weighted by Gasteiger charge is 2.59. The minimum Gasteiger partial charge on any atom is -0.443 e. The first-order valence-corrected chi connectivity index (χ1v) is 13.9. The quantitative estimate of drug-likeness (QED) is 0.570. The zero-order valence-electron chi connectivity index (χ0n) is 21.0. The number of carbonyl (C=O) groups excluding carboxylic acids is 3. The zero-order chi connectivity index (χ0) is 25.9. The van der Waals surface area contributed by atoms with E-state index in [-0.39, 0.29) is 23.8 Å². The monoisotopic (exact) mass is 527 g/mol. The van der Waals surface area contributed by atoms with Gasteiger partial charge in [-0.2, -0.15) is 12.7 Å². The van der Waals surface area contributed by atoms with Crippen LogP contribution in [-0.2, 0) is 32.7 Å². The second kappa shape index (κ2) is 9.00. The number of aromatic nitrogens is 1. The second-order valence-electron chi connectivity index (χ2n) is 10.6. The fourth-order valence-electron chi connectivity index (χ4n) is 4.98. The maximum atomic E-state index is 13.7. The summed E-state index contributed by atoms with van der Waals surface area (Å²) >= 11 is 1.19. The molecule has 2 aliphatic heterocycles. The van der Waals surface area contributed by atoms with Crippen molar-refractivity contribution in [3.05, 3.63) is 15.6 Å². The summed E-state index contributed by atoms with van der Waals surface area (Å²) in [5, 5.41) is 0.0831. The standard InChI is InChI=1S/C22H33N5O6S2/c1-22(2,3)33-21(30)27-15-8-7-13(19(28)24(4)5)11-16(15)26(35(27,31)32)20(29)18-23-14-9-10-25(6)12-17(14)34-18/h13,15-16H,7-12H2,1-6H3/t13-,15-,16?/m0/s1. The van der Waals surface area contributed by atoms with Crippen LogP contribution in [0.5, 0.6) is 0 Å². The first-order valence-electron chi connectivity index (χ1n) is 11.7. The van der Waals surface area contributed by atoms with Gasteiger partial charge in [0.1, 0.15) is 5.60 Å². The lowest BCUT2D eigenvalue weighted by Gasteiger charge is -2.34. The smallest absolute Gasteiger partial charge is 0.425 e. The molecule has 1 aromatic rings. The molecular weight excluding hydrogens is 494 g/mol. The number of fused-ring (bicyclic) bond motifs is 2. The molecule has 0 spiro atoms. The van der Waals surface area contributed by atoms with Gasteiger partial charge in [0, 0.05) is 44.4 Å². The van der Waals surface area contributed by atoms with E-state index in [0.29, 0.717) is 23.7 Å². The Morgan fingerprint density at radius 3 is 2.43 bits per heavy atom. The minimum absolute atomic E-state index is 0.0831. The molecule has 0 radical (unpaired) electrons. The molecule has 0 bridgehead atoms. The molecule has 2 fully saturated rings. The van der Waals surface area contributed by atoms with Crippen LogP contribution in [0, 0.1) is 5.92 Å². The van der Waals surface area contributed by atoms with Crippen molar-refractivity contribution in [2.24, 2.45) is 5.92 Å². The number of nitrogens with zero attached hydrogens (tertiary/aromatic N) is 5. The molecule has 13 heteroatoms. The van der Waals surface area contributed by atoms with E-state index >= 15 is 0 Å². The highest BCUT2D eigenvalue weighted by atomic mass is 32.2. The Bertz CT molecular complexity index is 1140. The fourth-order valence-corrected chi connectivity index (χ4v) is 8.03. The molecule has 3 amide bonds. The Morgan fingerprint density at radius 2 is 1.80 bits per heavy atom. The molecular formula is C22H33N5O6S2. The highest BCUT2D eigenvalue weighted by molar-refractivity contribution is 7.88. The van der Waals surface area contributed by atoms with Gasteiger partial charge in [-0.15, -0.1) is 11.3 Å². The normalized spacial score (nSPS) is 26.2. The number of ether oxygens (including phenoxy) is 1. The van der Waals surface area contributed by atoms with Gasteiger partial charge in [-0.1, -0.05) is 0 Å². The Kier molecular flexibility index (Phi) is 6.64. The van der Waals surface area contributed by atoms with Gasteiger partial charge in [-0.05, 0) is 47.1 Å². The summed E-state index contributed by atoms with van der Waals surface area (Å²) in [4.78, 5) is 48.4. The maximum absolute atomic E-state index is 13.7. The summed E-state index contributed by atoms with van der Waals surface area (Å²) in [6, 6.07) is -1.67. The van der Waals surface area contributed by atoms with Crippen molar-refractivity contribution in [3.8, 4) is 0 Å². The highest BCUT2D eigenvalue weighted by Crippen LogP contribution is 2.42. The van der Waals surface area contributed by atoms with Crippen molar-refractivity contribution >= 4 is 39.5 Å². The Labute approximate surface area is 210 Å². The fraction of sp³-hybridized carbons (Fsp3) is 0.727. The average molecular weight is 528 g/mol. The number of thiazole rings is 1. The topological polar surface area (TPSA) is 120 Å². The summed E-state index contributed by atoms with van der Waals surface area (Å²) in [7, 11) is 0.729. The predicted molar refractivity (Wildman–Crippen MR) is 129 cm³/mol. The van der Waals surface area contributed by atoms with Gasteiger partial charge in [-0.3, -0.25) is 9.59 Å². The van der Waals surface area contributed by atoms with Crippen LogP contribution in [-0.4, -0.2) is 95.1 Å². The molecule has 1 saturated carbocycles. The molecule has 0 aromatic carbocycles. The summed E-state index contributed by atoms with van der Waals surface area (Å²) in [5.74, 6) is -1.34. The molecule has 35 heavy (non-hydrogen) atoms. The molecule has 1 unspecified atom stereocenters. The maximum Gasteiger partial charge on any atom is 0.425 e. The molecule has 3 atom stereocenters. The molecule has 0 N–H and O–H groups in total. The SMILES string of the molecule is CN1CCc2nc(C(=O)N3C4C[C@@H](C(=O)N(C)C)CC[C@@H]4N(C(=O)OC(C)(C)C)S3(=O)=O)sc2C1. The minimum atomic E-state index is -4.54. The van der Waals surface area contributed by atoms with E-state index in [1.165, 1.54) is 16.2 Å². The number of amides is 3. The van der Waals surface area contributed by atoms with Crippen molar-refractivity contribution in [2.45, 2.75) is 70.7 Å². The molecule has 194 valence electrons. The van der Waals surface area contributed by atoms with Crippen molar-refractivity contribution in [2.75, 3.05) is 27.7 Å². The second-order valence-corrected chi connectivity index (χ2v) is 13.4. The van der Waals surface area contributed by atoms with Crippen LogP contribution in [0.15, 0.2) is 0 Å². The van der Waals surface area contributed by atoms with Gasteiger partial charge in [-0.25, -0.2) is 14.1 Å². The van der Waals surface area contributed by atoms with E-state index in [2.05, 4.69) is 9.88 Å². The Balaban J connectivity index is 1.72. The number of hydrogen-bond donors (Lipinski definition) is 0. The summed E-state index contributed by atoms with van der Waals surface area (Å²) in [5.41, 5.74) is -0.115. The van der Waals surface area contributed by atoms with E-state index in [4.69, 9.17) is 4.74 Å². The third-order valence-electron chi connectivity index (χ3n) is 6.55. The van der Waals surface area contributed by atoms with Crippen LogP contribution in [0.2, 0.25) is 0 Å².